The molecule has 1 aliphatic carbocycles. The third kappa shape index (κ3) is 3.35. The van der Waals surface area contributed by atoms with Crippen molar-refractivity contribution in [1.29, 1.82) is 0 Å². The second kappa shape index (κ2) is 6.92. The summed E-state index contributed by atoms with van der Waals surface area (Å²) in [6.07, 6.45) is 3.72. The van der Waals surface area contributed by atoms with Crippen LogP contribution in [0.1, 0.15) is 44.7 Å². The Morgan fingerprint density at radius 2 is 2.05 bits per heavy atom. The average molecular weight is 341 g/mol. The molecular formula is C16H25BrN2O. The van der Waals surface area contributed by atoms with Crippen molar-refractivity contribution in [3.63, 3.8) is 0 Å². The Morgan fingerprint density at radius 1 is 1.30 bits per heavy atom. The molecule has 1 saturated carbocycles. The monoisotopic (exact) mass is 340 g/mol. The van der Waals surface area contributed by atoms with Crippen LogP contribution in [0.4, 0.5) is 0 Å². The zero-order valence-corrected chi connectivity index (χ0v) is 14.1. The molecule has 4 heteroatoms. The van der Waals surface area contributed by atoms with E-state index in [-0.39, 0.29) is 6.04 Å². The van der Waals surface area contributed by atoms with E-state index in [0.717, 1.165) is 27.6 Å². The largest absolute Gasteiger partial charge is 0.496 e. The summed E-state index contributed by atoms with van der Waals surface area (Å²) < 4.78 is 6.55. The maximum atomic E-state index is 5.86. The van der Waals surface area contributed by atoms with Gasteiger partial charge < -0.3 is 4.74 Å². The lowest BCUT2D eigenvalue weighted by Crippen LogP contribution is -2.37. The zero-order chi connectivity index (χ0) is 14.7. The van der Waals surface area contributed by atoms with Crippen molar-refractivity contribution in [2.45, 2.75) is 39.2 Å². The number of methoxy groups -OCH3 is 1. The molecule has 20 heavy (non-hydrogen) atoms. The molecule has 4 atom stereocenters. The van der Waals surface area contributed by atoms with Gasteiger partial charge in [0.1, 0.15) is 5.75 Å². The maximum Gasteiger partial charge on any atom is 0.124 e. The number of hydrogen-bond acceptors (Lipinski definition) is 3. The topological polar surface area (TPSA) is 47.3 Å². The van der Waals surface area contributed by atoms with Crippen LogP contribution >= 0.6 is 15.9 Å². The van der Waals surface area contributed by atoms with Crippen molar-refractivity contribution in [3.8, 4) is 5.75 Å². The van der Waals surface area contributed by atoms with E-state index >= 15 is 0 Å². The van der Waals surface area contributed by atoms with Gasteiger partial charge in [0.05, 0.1) is 13.2 Å². The van der Waals surface area contributed by atoms with E-state index in [4.69, 9.17) is 10.6 Å². The molecule has 0 amide bonds. The molecule has 0 spiro atoms. The quantitative estimate of drug-likeness (QED) is 0.642. The summed E-state index contributed by atoms with van der Waals surface area (Å²) >= 11 is 3.49. The van der Waals surface area contributed by atoms with Crippen LogP contribution in [0.2, 0.25) is 0 Å². The third-order valence-electron chi connectivity index (χ3n) is 4.82. The van der Waals surface area contributed by atoms with Gasteiger partial charge >= 0.3 is 0 Å². The molecule has 1 aromatic rings. The summed E-state index contributed by atoms with van der Waals surface area (Å²) in [5, 5.41) is 0. The highest BCUT2D eigenvalue weighted by Gasteiger charge is 2.31. The van der Waals surface area contributed by atoms with E-state index < -0.39 is 0 Å². The molecule has 2 rings (SSSR count). The summed E-state index contributed by atoms with van der Waals surface area (Å²) in [7, 11) is 1.71. The standard InChI is InChI=1S/C16H25BrN2O/c1-10-4-5-12(8-11(10)2)16(19-18)14-7-6-13(17)9-15(14)20-3/h6-7,9-12,16,19H,4-5,8,18H2,1-3H3. The average Bonchev–Trinajstić information content (AvgIpc) is 2.44. The third-order valence-corrected chi connectivity index (χ3v) is 5.31. The number of nitrogens with two attached hydrogens (primary N) is 1. The summed E-state index contributed by atoms with van der Waals surface area (Å²) in [5.41, 5.74) is 4.18. The number of halogens is 1. The van der Waals surface area contributed by atoms with Crippen LogP contribution in [0.15, 0.2) is 22.7 Å². The molecule has 112 valence electrons. The van der Waals surface area contributed by atoms with E-state index in [1.54, 1.807) is 7.11 Å². The molecule has 0 bridgehead atoms. The van der Waals surface area contributed by atoms with Gasteiger partial charge in [-0.05, 0) is 42.7 Å². The van der Waals surface area contributed by atoms with Gasteiger partial charge in [-0.3, -0.25) is 11.3 Å². The van der Waals surface area contributed by atoms with Crippen LogP contribution in [0.25, 0.3) is 0 Å². The van der Waals surface area contributed by atoms with Crippen molar-refractivity contribution in [3.05, 3.63) is 28.2 Å². The van der Waals surface area contributed by atoms with Crippen molar-refractivity contribution in [2.75, 3.05) is 7.11 Å². The minimum absolute atomic E-state index is 0.160. The Balaban J connectivity index is 2.24. The Bertz CT molecular complexity index is 452. The van der Waals surface area contributed by atoms with Gasteiger partial charge in [0, 0.05) is 10.0 Å². The molecule has 0 heterocycles. The van der Waals surface area contributed by atoms with E-state index in [2.05, 4.69) is 47.3 Å². The first-order valence-electron chi connectivity index (χ1n) is 7.36. The SMILES string of the molecule is COc1cc(Br)ccc1C(NN)C1CCC(C)C(C)C1. The van der Waals surface area contributed by atoms with Crippen LogP contribution < -0.4 is 16.0 Å². The van der Waals surface area contributed by atoms with Crippen molar-refractivity contribution in [2.24, 2.45) is 23.6 Å². The molecule has 0 aromatic heterocycles. The number of ether oxygens (including phenoxy) is 1. The Kier molecular flexibility index (Phi) is 5.47. The fourth-order valence-electron chi connectivity index (χ4n) is 3.31. The summed E-state index contributed by atoms with van der Waals surface area (Å²) in [4.78, 5) is 0. The second-order valence-corrected chi connectivity index (χ2v) is 6.97. The minimum atomic E-state index is 0.160. The fourth-order valence-corrected chi connectivity index (χ4v) is 3.65. The minimum Gasteiger partial charge on any atom is -0.496 e. The lowest BCUT2D eigenvalue weighted by atomic mass is 9.72. The number of rotatable bonds is 4. The summed E-state index contributed by atoms with van der Waals surface area (Å²) in [6.45, 7) is 4.70. The van der Waals surface area contributed by atoms with Gasteiger partial charge in [-0.15, -0.1) is 0 Å². The Hall–Kier alpha value is -0.580. The molecule has 3 nitrogen and oxygen atoms in total. The van der Waals surface area contributed by atoms with Crippen LogP contribution in [-0.2, 0) is 0 Å². The molecule has 1 aliphatic rings. The fraction of sp³-hybridized carbons (Fsp3) is 0.625. The van der Waals surface area contributed by atoms with E-state index in [9.17, 15) is 0 Å². The van der Waals surface area contributed by atoms with Crippen LogP contribution in [0, 0.1) is 17.8 Å². The van der Waals surface area contributed by atoms with Gasteiger partial charge in [-0.1, -0.05) is 42.3 Å². The van der Waals surface area contributed by atoms with Crippen LogP contribution in [0.5, 0.6) is 5.75 Å². The summed E-state index contributed by atoms with van der Waals surface area (Å²) in [5.74, 6) is 8.90. The van der Waals surface area contributed by atoms with Gasteiger partial charge in [0.25, 0.3) is 0 Å². The first-order chi connectivity index (χ1) is 9.56. The number of hydrogen-bond donors (Lipinski definition) is 2. The number of nitrogens with one attached hydrogen (secondary N) is 1. The molecule has 1 fully saturated rings. The second-order valence-electron chi connectivity index (χ2n) is 6.06. The highest BCUT2D eigenvalue weighted by molar-refractivity contribution is 9.10. The van der Waals surface area contributed by atoms with E-state index in [1.807, 2.05) is 6.07 Å². The van der Waals surface area contributed by atoms with Crippen molar-refractivity contribution >= 4 is 15.9 Å². The lowest BCUT2D eigenvalue weighted by molar-refractivity contribution is 0.170. The highest BCUT2D eigenvalue weighted by Crippen LogP contribution is 2.42. The maximum absolute atomic E-state index is 5.86. The van der Waals surface area contributed by atoms with Gasteiger partial charge in [-0.25, -0.2) is 0 Å². The highest BCUT2D eigenvalue weighted by atomic mass is 79.9. The van der Waals surface area contributed by atoms with E-state index in [1.165, 1.54) is 19.3 Å². The zero-order valence-electron chi connectivity index (χ0n) is 12.5. The normalized spacial score (nSPS) is 28.1. The smallest absolute Gasteiger partial charge is 0.124 e. The molecule has 0 saturated heterocycles. The number of hydrazine groups is 1. The molecule has 0 aliphatic heterocycles. The molecule has 3 N–H and O–H groups in total. The number of benzene rings is 1. The van der Waals surface area contributed by atoms with Crippen LogP contribution in [0.3, 0.4) is 0 Å². The molecule has 4 unspecified atom stereocenters. The lowest BCUT2D eigenvalue weighted by Gasteiger charge is -2.37. The van der Waals surface area contributed by atoms with Gasteiger partial charge in [-0.2, -0.15) is 0 Å². The predicted molar refractivity (Wildman–Crippen MR) is 86.4 cm³/mol. The Labute approximate surface area is 130 Å². The molecular weight excluding hydrogens is 316 g/mol. The first kappa shape index (κ1) is 15.8. The molecule has 0 radical (unpaired) electrons. The van der Waals surface area contributed by atoms with Crippen molar-refractivity contribution < 1.29 is 4.74 Å². The Morgan fingerprint density at radius 3 is 2.65 bits per heavy atom. The predicted octanol–water partition coefficient (Wildman–Crippen LogP) is 4.03. The van der Waals surface area contributed by atoms with Gasteiger partial charge in [0.15, 0.2) is 0 Å². The van der Waals surface area contributed by atoms with E-state index in [0.29, 0.717) is 5.92 Å². The van der Waals surface area contributed by atoms with Crippen molar-refractivity contribution in [1.82, 2.24) is 5.43 Å². The first-order valence-corrected chi connectivity index (χ1v) is 8.15. The summed E-state index contributed by atoms with van der Waals surface area (Å²) in [6, 6.07) is 6.33. The van der Waals surface area contributed by atoms with Gasteiger partial charge in [0.2, 0.25) is 0 Å². The van der Waals surface area contributed by atoms with Crippen LogP contribution in [-0.4, -0.2) is 7.11 Å². The molecule has 1 aromatic carbocycles.